The Bertz CT molecular complexity index is 1510. The molecule has 0 saturated carbocycles. The number of rotatable bonds is 12. The van der Waals surface area contributed by atoms with Crippen LogP contribution < -0.4 is 5.43 Å². The van der Waals surface area contributed by atoms with Crippen LogP contribution in [0.5, 0.6) is 0 Å². The zero-order valence-corrected chi connectivity index (χ0v) is 22.9. The van der Waals surface area contributed by atoms with Gasteiger partial charge in [0, 0.05) is 32.9 Å². The molecule has 206 valence electrons. The van der Waals surface area contributed by atoms with Gasteiger partial charge in [0.05, 0.1) is 23.8 Å². The smallest absolute Gasteiger partial charge is 0.247 e. The molecule has 0 radical (unpaired) electrons. The second-order valence-corrected chi connectivity index (χ2v) is 9.68. The quantitative estimate of drug-likeness (QED) is 0.183. The summed E-state index contributed by atoms with van der Waals surface area (Å²) in [5.74, 6) is -0.542. The van der Waals surface area contributed by atoms with E-state index in [0.29, 0.717) is 36.1 Å². The van der Waals surface area contributed by atoms with Crippen LogP contribution in [-0.4, -0.2) is 48.4 Å². The number of methoxy groups -OCH3 is 1. The molecule has 1 heterocycles. The van der Waals surface area contributed by atoms with Crippen molar-refractivity contribution in [1.82, 2.24) is 9.80 Å². The van der Waals surface area contributed by atoms with Crippen LogP contribution in [0.3, 0.4) is 0 Å². The fourth-order valence-corrected chi connectivity index (χ4v) is 4.40. The molecule has 7 heteroatoms. The Hall–Kier alpha value is -4.49. The Morgan fingerprint density at radius 1 is 0.925 bits per heavy atom. The number of carbonyl (C=O) groups excluding carboxylic acids is 2. The number of hydrogen-bond donors (Lipinski definition) is 0. The van der Waals surface area contributed by atoms with Crippen LogP contribution in [0.25, 0.3) is 17.0 Å². The van der Waals surface area contributed by atoms with E-state index in [9.17, 15) is 14.4 Å². The summed E-state index contributed by atoms with van der Waals surface area (Å²) >= 11 is 0. The van der Waals surface area contributed by atoms with Crippen molar-refractivity contribution in [3.05, 3.63) is 124 Å². The molecule has 3 aromatic carbocycles. The van der Waals surface area contributed by atoms with Crippen molar-refractivity contribution in [2.45, 2.75) is 26.4 Å². The number of fused-ring (bicyclic) bond motifs is 1. The number of carbonyl (C=O) groups is 2. The number of hydrogen-bond acceptors (Lipinski definition) is 5. The van der Waals surface area contributed by atoms with Crippen molar-refractivity contribution < 1.29 is 18.7 Å². The molecule has 4 aromatic rings. The van der Waals surface area contributed by atoms with Gasteiger partial charge in [-0.15, -0.1) is 0 Å². The van der Waals surface area contributed by atoms with E-state index in [1.807, 2.05) is 73.7 Å². The Morgan fingerprint density at radius 2 is 1.65 bits per heavy atom. The van der Waals surface area contributed by atoms with Gasteiger partial charge in [0.1, 0.15) is 12.1 Å². The summed E-state index contributed by atoms with van der Waals surface area (Å²) in [6.07, 6.45) is 5.23. The van der Waals surface area contributed by atoms with Gasteiger partial charge in [-0.3, -0.25) is 14.4 Å². The van der Waals surface area contributed by atoms with Gasteiger partial charge in [-0.05, 0) is 42.7 Å². The van der Waals surface area contributed by atoms with E-state index in [1.54, 1.807) is 30.2 Å². The lowest BCUT2D eigenvalue weighted by atomic mass is 10.1. The highest BCUT2D eigenvalue weighted by atomic mass is 16.5. The fraction of sp³-hybridized carbons (Fsp3) is 0.242. The van der Waals surface area contributed by atoms with E-state index in [1.165, 1.54) is 17.2 Å². The Labute approximate surface area is 234 Å². The highest BCUT2D eigenvalue weighted by molar-refractivity contribution is 5.94. The van der Waals surface area contributed by atoms with Crippen LogP contribution in [0.15, 0.2) is 100 Å². The molecule has 0 fully saturated rings. The first-order valence-corrected chi connectivity index (χ1v) is 13.3. The second kappa shape index (κ2) is 14.1. The zero-order chi connectivity index (χ0) is 28.3. The van der Waals surface area contributed by atoms with Crippen LogP contribution in [0.4, 0.5) is 0 Å². The maximum Gasteiger partial charge on any atom is 0.247 e. The number of aryl methyl sites for hydroxylation is 1. The molecule has 0 spiro atoms. The van der Waals surface area contributed by atoms with Crippen molar-refractivity contribution in [3.63, 3.8) is 0 Å². The molecule has 4 rings (SSSR count). The number of benzene rings is 3. The Morgan fingerprint density at radius 3 is 2.38 bits per heavy atom. The minimum absolute atomic E-state index is 0.0555. The van der Waals surface area contributed by atoms with Gasteiger partial charge >= 0.3 is 0 Å². The van der Waals surface area contributed by atoms with E-state index in [2.05, 4.69) is 0 Å². The van der Waals surface area contributed by atoms with Crippen molar-refractivity contribution in [3.8, 4) is 0 Å². The third-order valence-electron chi connectivity index (χ3n) is 6.56. The molecule has 0 unspecified atom stereocenters. The molecule has 0 bridgehead atoms. The summed E-state index contributed by atoms with van der Waals surface area (Å²) < 4.78 is 10.9. The summed E-state index contributed by atoms with van der Waals surface area (Å²) in [6.45, 7) is 2.94. The van der Waals surface area contributed by atoms with Crippen LogP contribution in [0.1, 0.15) is 28.7 Å². The van der Waals surface area contributed by atoms with E-state index >= 15 is 0 Å². The minimum atomic E-state index is -0.272. The van der Waals surface area contributed by atoms with Gasteiger partial charge in [0.15, 0.2) is 5.43 Å². The van der Waals surface area contributed by atoms with E-state index in [-0.39, 0.29) is 36.9 Å². The Kier molecular flexibility index (Phi) is 10.0. The van der Waals surface area contributed by atoms with E-state index < -0.39 is 0 Å². The average molecular weight is 539 g/mol. The molecule has 1 aromatic heterocycles. The van der Waals surface area contributed by atoms with Gasteiger partial charge in [0.25, 0.3) is 0 Å². The monoisotopic (exact) mass is 538 g/mol. The first-order chi connectivity index (χ1) is 19.4. The van der Waals surface area contributed by atoms with Gasteiger partial charge in [-0.2, -0.15) is 0 Å². The van der Waals surface area contributed by atoms with Gasteiger partial charge in [0.2, 0.25) is 11.8 Å². The lowest BCUT2D eigenvalue weighted by Crippen LogP contribution is -2.43. The topological polar surface area (TPSA) is 80.1 Å². The summed E-state index contributed by atoms with van der Waals surface area (Å²) in [5, 5.41) is 0.479. The molecular formula is C33H34N2O5. The fourth-order valence-electron chi connectivity index (χ4n) is 4.40. The summed E-state index contributed by atoms with van der Waals surface area (Å²) in [5.41, 5.74) is 3.46. The average Bonchev–Trinajstić information content (AvgIpc) is 2.97. The van der Waals surface area contributed by atoms with Crippen LogP contribution in [0, 0.1) is 6.92 Å². The van der Waals surface area contributed by atoms with Gasteiger partial charge < -0.3 is 19.0 Å². The summed E-state index contributed by atoms with van der Waals surface area (Å²) in [6, 6.07) is 24.5. The van der Waals surface area contributed by atoms with Crippen LogP contribution >= 0.6 is 0 Å². The third kappa shape index (κ3) is 7.77. The number of nitrogens with zero attached hydrogens (tertiary/aromatic N) is 2. The van der Waals surface area contributed by atoms with E-state index in [0.717, 1.165) is 16.7 Å². The van der Waals surface area contributed by atoms with Crippen molar-refractivity contribution in [2.24, 2.45) is 0 Å². The van der Waals surface area contributed by atoms with Crippen molar-refractivity contribution in [2.75, 3.05) is 26.8 Å². The van der Waals surface area contributed by atoms with Gasteiger partial charge in [-0.1, -0.05) is 72.3 Å². The summed E-state index contributed by atoms with van der Waals surface area (Å²) in [4.78, 5) is 43.4. The largest absolute Gasteiger partial charge is 0.464 e. The molecule has 0 aliphatic heterocycles. The molecule has 0 aliphatic rings. The maximum atomic E-state index is 13.7. The predicted octanol–water partition coefficient (Wildman–Crippen LogP) is 5.21. The number of amides is 2. The molecule has 0 atom stereocenters. The second-order valence-electron chi connectivity index (χ2n) is 9.68. The lowest BCUT2D eigenvalue weighted by Gasteiger charge is -2.27. The molecule has 2 amide bonds. The Balaban J connectivity index is 1.59. The molecule has 40 heavy (non-hydrogen) atoms. The normalized spacial score (nSPS) is 11.2. The van der Waals surface area contributed by atoms with Crippen LogP contribution in [0.2, 0.25) is 0 Å². The third-order valence-corrected chi connectivity index (χ3v) is 6.56. The standard InChI is InChI=1S/C33H34N2O5/c1-25-14-16-30-29(20-25)33(38)28(24-40-30)22-35(21-27-12-7-4-8-13-27)32(37)23-34(18-9-19-39-2)31(36)17-15-26-10-5-3-6-11-26/h3-8,10-17,20,24H,9,18-19,21-23H2,1-2H3. The maximum absolute atomic E-state index is 13.7. The first kappa shape index (κ1) is 28.5. The zero-order valence-electron chi connectivity index (χ0n) is 22.9. The van der Waals surface area contributed by atoms with Gasteiger partial charge in [-0.25, -0.2) is 0 Å². The van der Waals surface area contributed by atoms with Crippen LogP contribution in [-0.2, 0) is 27.4 Å². The SMILES string of the molecule is COCCCN(CC(=O)N(Cc1ccccc1)Cc1coc2ccc(C)cc2c1=O)C(=O)C=Cc1ccccc1. The lowest BCUT2D eigenvalue weighted by molar-refractivity contribution is -0.139. The van der Waals surface area contributed by atoms with E-state index in [4.69, 9.17) is 9.15 Å². The molecule has 7 nitrogen and oxygen atoms in total. The van der Waals surface area contributed by atoms with Crippen molar-refractivity contribution in [1.29, 1.82) is 0 Å². The molecule has 0 N–H and O–H groups in total. The van der Waals surface area contributed by atoms with Crippen molar-refractivity contribution >= 4 is 28.9 Å². The molecular weight excluding hydrogens is 504 g/mol. The minimum Gasteiger partial charge on any atom is -0.464 e. The summed E-state index contributed by atoms with van der Waals surface area (Å²) in [7, 11) is 1.60. The highest BCUT2D eigenvalue weighted by Crippen LogP contribution is 2.16. The number of ether oxygens (including phenoxy) is 1. The molecule has 0 aliphatic carbocycles. The highest BCUT2D eigenvalue weighted by Gasteiger charge is 2.22. The predicted molar refractivity (Wildman–Crippen MR) is 156 cm³/mol. The molecule has 0 saturated heterocycles. The first-order valence-electron chi connectivity index (χ1n) is 13.3.